The van der Waals surface area contributed by atoms with Crippen LogP contribution in [0.4, 0.5) is 5.69 Å². The number of fused-ring (bicyclic) bond motifs is 2. The molecule has 0 saturated carbocycles. The van der Waals surface area contributed by atoms with Crippen LogP contribution in [-0.4, -0.2) is 40.4 Å². The molecule has 0 aromatic heterocycles. The summed E-state index contributed by atoms with van der Waals surface area (Å²) in [7, 11) is 0. The zero-order chi connectivity index (χ0) is 22.1. The lowest BCUT2D eigenvalue weighted by Gasteiger charge is -2.29. The standard InChI is InChI=1S/C20H24N4O5S/c1-5-15(25)21-19-22-24(17(27)7-3)20(30-19)13-11-12(29-8-4)9-10-14(13)23(18(20)28)16(26)6-2/h9-11H,5-8H2,1-4H3,(H,21,22,25)/t20-/m1/s1. The van der Waals surface area contributed by atoms with Crippen molar-refractivity contribution < 1.29 is 23.9 Å². The highest BCUT2D eigenvalue weighted by Crippen LogP contribution is 2.55. The van der Waals surface area contributed by atoms with E-state index in [1.807, 2.05) is 6.92 Å². The first-order valence-electron chi connectivity index (χ1n) is 9.89. The molecule has 2 heterocycles. The second kappa shape index (κ2) is 8.47. The lowest BCUT2D eigenvalue weighted by molar-refractivity contribution is -0.141. The zero-order valence-corrected chi connectivity index (χ0v) is 18.2. The lowest BCUT2D eigenvalue weighted by Crippen LogP contribution is -2.50. The second-order valence-electron chi connectivity index (χ2n) is 6.61. The lowest BCUT2D eigenvalue weighted by atomic mass is 10.1. The van der Waals surface area contributed by atoms with E-state index >= 15 is 0 Å². The number of nitrogens with one attached hydrogen (secondary N) is 1. The minimum atomic E-state index is -1.61. The number of amidine groups is 1. The third kappa shape index (κ3) is 3.34. The predicted octanol–water partition coefficient (Wildman–Crippen LogP) is 2.30. The summed E-state index contributed by atoms with van der Waals surface area (Å²) < 4.78 is 5.59. The summed E-state index contributed by atoms with van der Waals surface area (Å²) in [5.74, 6) is -1.18. The summed E-state index contributed by atoms with van der Waals surface area (Å²) in [5.41, 5.74) is 0.812. The maximum absolute atomic E-state index is 13.7. The van der Waals surface area contributed by atoms with Crippen molar-refractivity contribution in [1.29, 1.82) is 0 Å². The molecule has 0 fully saturated rings. The number of hydrazone groups is 1. The molecule has 3 rings (SSSR count). The van der Waals surface area contributed by atoms with Crippen molar-refractivity contribution in [2.24, 2.45) is 5.10 Å². The van der Waals surface area contributed by atoms with Gasteiger partial charge >= 0.3 is 0 Å². The molecule has 1 aromatic rings. The zero-order valence-electron chi connectivity index (χ0n) is 17.4. The Bertz CT molecular complexity index is 947. The highest BCUT2D eigenvalue weighted by atomic mass is 32.2. The molecule has 0 unspecified atom stereocenters. The molecule has 10 heteroatoms. The van der Waals surface area contributed by atoms with E-state index < -0.39 is 22.6 Å². The van der Waals surface area contributed by atoms with Crippen LogP contribution in [0.5, 0.6) is 5.75 Å². The van der Waals surface area contributed by atoms with Crippen molar-refractivity contribution >= 4 is 46.2 Å². The Hall–Kier alpha value is -2.88. The average molecular weight is 433 g/mol. The summed E-state index contributed by atoms with van der Waals surface area (Å²) in [4.78, 5) is 50.5. The van der Waals surface area contributed by atoms with E-state index in [4.69, 9.17) is 4.74 Å². The number of amides is 4. The molecule has 1 N–H and O–H groups in total. The van der Waals surface area contributed by atoms with E-state index in [1.54, 1.807) is 39.0 Å². The summed E-state index contributed by atoms with van der Waals surface area (Å²) in [6.07, 6.45) is 0.422. The van der Waals surface area contributed by atoms with Crippen molar-refractivity contribution in [2.45, 2.75) is 51.8 Å². The van der Waals surface area contributed by atoms with Crippen LogP contribution in [0.2, 0.25) is 0 Å². The Morgan fingerprint density at radius 3 is 2.40 bits per heavy atom. The molecule has 2 aliphatic heterocycles. The Kier molecular flexibility index (Phi) is 6.16. The number of nitrogens with zero attached hydrogens (tertiary/aromatic N) is 3. The van der Waals surface area contributed by atoms with Gasteiger partial charge in [-0.3, -0.25) is 19.2 Å². The van der Waals surface area contributed by atoms with E-state index in [2.05, 4.69) is 10.4 Å². The van der Waals surface area contributed by atoms with E-state index in [0.717, 1.165) is 21.7 Å². The van der Waals surface area contributed by atoms with Crippen molar-refractivity contribution in [3.8, 4) is 5.75 Å². The predicted molar refractivity (Wildman–Crippen MR) is 113 cm³/mol. The number of hydrogen-bond donors (Lipinski definition) is 1. The van der Waals surface area contributed by atoms with Crippen LogP contribution in [0, 0.1) is 0 Å². The molecule has 1 aromatic carbocycles. The minimum absolute atomic E-state index is 0.0936. The largest absolute Gasteiger partial charge is 0.494 e. The smallest absolute Gasteiger partial charge is 0.277 e. The second-order valence-corrected chi connectivity index (χ2v) is 7.79. The molecule has 1 atom stereocenters. The van der Waals surface area contributed by atoms with Gasteiger partial charge in [0.05, 0.1) is 12.3 Å². The normalized spacial score (nSPS) is 19.7. The fourth-order valence-electron chi connectivity index (χ4n) is 3.33. The maximum atomic E-state index is 13.7. The number of rotatable bonds is 5. The summed E-state index contributed by atoms with van der Waals surface area (Å²) in [5, 5.41) is 8.11. The molecular formula is C20H24N4O5S. The van der Waals surface area contributed by atoms with Crippen LogP contribution in [-0.2, 0) is 24.0 Å². The first kappa shape index (κ1) is 21.8. The number of ether oxygens (including phenoxy) is 1. The van der Waals surface area contributed by atoms with Crippen molar-refractivity contribution in [3.05, 3.63) is 23.8 Å². The number of hydrogen-bond acceptors (Lipinski definition) is 7. The van der Waals surface area contributed by atoms with Gasteiger partial charge in [0.25, 0.3) is 5.91 Å². The summed E-state index contributed by atoms with van der Waals surface area (Å²) >= 11 is 0.950. The summed E-state index contributed by atoms with van der Waals surface area (Å²) in [6, 6.07) is 4.97. The molecule has 0 bridgehead atoms. The van der Waals surface area contributed by atoms with Crippen molar-refractivity contribution in [2.75, 3.05) is 11.5 Å². The molecule has 0 radical (unpaired) electrons. The number of thioether (sulfide) groups is 1. The van der Waals surface area contributed by atoms with Gasteiger partial charge < -0.3 is 10.1 Å². The fourth-order valence-corrected chi connectivity index (χ4v) is 4.58. The Morgan fingerprint density at radius 2 is 1.80 bits per heavy atom. The average Bonchev–Trinajstić information content (AvgIpc) is 3.24. The third-order valence-corrected chi connectivity index (χ3v) is 6.01. The quantitative estimate of drug-likeness (QED) is 0.765. The maximum Gasteiger partial charge on any atom is 0.277 e. The first-order chi connectivity index (χ1) is 14.3. The van der Waals surface area contributed by atoms with Crippen LogP contribution in [0.25, 0.3) is 0 Å². The van der Waals surface area contributed by atoms with Gasteiger partial charge in [0, 0.05) is 24.8 Å². The molecule has 0 aliphatic carbocycles. The van der Waals surface area contributed by atoms with Crippen LogP contribution in [0.15, 0.2) is 23.3 Å². The third-order valence-electron chi connectivity index (χ3n) is 4.77. The van der Waals surface area contributed by atoms with Gasteiger partial charge in [-0.05, 0) is 36.9 Å². The molecule has 160 valence electrons. The van der Waals surface area contributed by atoms with Crippen molar-refractivity contribution in [1.82, 2.24) is 10.3 Å². The van der Waals surface area contributed by atoms with Gasteiger partial charge in [-0.2, -0.15) is 5.01 Å². The van der Waals surface area contributed by atoms with Crippen LogP contribution >= 0.6 is 11.8 Å². The van der Waals surface area contributed by atoms with E-state index in [9.17, 15) is 19.2 Å². The van der Waals surface area contributed by atoms with Gasteiger partial charge in [0.15, 0.2) is 5.17 Å². The Labute approximate surface area is 178 Å². The van der Waals surface area contributed by atoms with E-state index in [0.29, 0.717) is 23.6 Å². The SMILES string of the molecule is CCOc1ccc2c(c1)[C@@]1(SC(NC(=O)CC)=NN1C(=O)CC)C(=O)N2C(=O)CC. The molecule has 4 amide bonds. The van der Waals surface area contributed by atoms with Gasteiger partial charge in [-0.1, -0.05) is 20.8 Å². The summed E-state index contributed by atoms with van der Waals surface area (Å²) in [6.45, 7) is 7.25. The molecule has 0 saturated heterocycles. The Balaban J connectivity index is 2.19. The number of carbonyl (C=O) groups excluding carboxylic acids is 4. The van der Waals surface area contributed by atoms with Gasteiger partial charge in [-0.15, -0.1) is 5.10 Å². The van der Waals surface area contributed by atoms with Crippen LogP contribution in [0.1, 0.15) is 52.5 Å². The van der Waals surface area contributed by atoms with Gasteiger partial charge in [0.2, 0.25) is 22.6 Å². The van der Waals surface area contributed by atoms with E-state index in [-0.39, 0.29) is 30.3 Å². The number of carbonyl (C=O) groups is 4. The highest BCUT2D eigenvalue weighted by Gasteiger charge is 2.62. The van der Waals surface area contributed by atoms with Crippen molar-refractivity contribution in [3.63, 3.8) is 0 Å². The number of imide groups is 1. The molecule has 2 aliphatic rings. The Morgan fingerprint density at radius 1 is 1.10 bits per heavy atom. The topological polar surface area (TPSA) is 108 Å². The number of benzene rings is 1. The minimum Gasteiger partial charge on any atom is -0.494 e. The van der Waals surface area contributed by atoms with Crippen LogP contribution < -0.4 is 15.0 Å². The first-order valence-corrected chi connectivity index (χ1v) is 10.7. The number of anilines is 1. The van der Waals surface area contributed by atoms with Gasteiger partial charge in [-0.25, -0.2) is 4.90 Å². The monoisotopic (exact) mass is 432 g/mol. The fraction of sp³-hybridized carbons (Fsp3) is 0.450. The molecule has 30 heavy (non-hydrogen) atoms. The molecule has 1 spiro atoms. The molecule has 9 nitrogen and oxygen atoms in total. The highest BCUT2D eigenvalue weighted by molar-refractivity contribution is 8.15. The molecular weight excluding hydrogens is 408 g/mol. The van der Waals surface area contributed by atoms with Gasteiger partial charge in [0.1, 0.15) is 5.75 Å². The van der Waals surface area contributed by atoms with Crippen LogP contribution in [0.3, 0.4) is 0 Å². The van der Waals surface area contributed by atoms with E-state index in [1.165, 1.54) is 0 Å².